The van der Waals surface area contributed by atoms with Crippen LogP contribution in [0.15, 0.2) is 87.7 Å². The highest BCUT2D eigenvalue weighted by Crippen LogP contribution is 2.28. The molecule has 1 N–H and O–H groups in total. The first-order valence-electron chi connectivity index (χ1n) is 10.8. The molecule has 5 aromatic rings. The van der Waals surface area contributed by atoms with Gasteiger partial charge in [0.25, 0.3) is 0 Å². The monoisotopic (exact) mass is 468 g/mol. The summed E-state index contributed by atoms with van der Waals surface area (Å²) in [4.78, 5) is 17.0. The fraction of sp³-hybridized carbons (Fsp3) is 0.0714. The summed E-state index contributed by atoms with van der Waals surface area (Å²) in [7, 11) is 0. The summed E-state index contributed by atoms with van der Waals surface area (Å²) in [6.07, 6.45) is 3.06. The van der Waals surface area contributed by atoms with E-state index < -0.39 is 0 Å². The van der Waals surface area contributed by atoms with Gasteiger partial charge in [-0.1, -0.05) is 35.9 Å². The van der Waals surface area contributed by atoms with Crippen molar-refractivity contribution in [2.24, 2.45) is 0 Å². The average molecular weight is 469 g/mol. The molecule has 168 valence electrons. The third-order valence-corrected chi connectivity index (χ3v) is 5.81. The summed E-state index contributed by atoms with van der Waals surface area (Å²) in [5, 5.41) is 3.54. The molecule has 6 heteroatoms. The minimum atomic E-state index is -0.276. The molecule has 0 saturated carbocycles. The largest absolute Gasteiger partial charge is 0.457 e. The van der Waals surface area contributed by atoms with Crippen LogP contribution in [0.1, 0.15) is 16.9 Å². The third-order valence-electron chi connectivity index (χ3n) is 5.40. The lowest BCUT2D eigenvalue weighted by Gasteiger charge is -2.03. The highest BCUT2D eigenvalue weighted by molar-refractivity contribution is 6.31. The topological polar surface area (TPSA) is 68.3 Å². The Labute approximate surface area is 201 Å². The summed E-state index contributed by atoms with van der Waals surface area (Å²) in [5.41, 5.74) is 5.94. The molecule has 0 aliphatic rings. The van der Waals surface area contributed by atoms with Gasteiger partial charge in [0.2, 0.25) is 11.8 Å². The maximum absolute atomic E-state index is 12.5. The van der Waals surface area contributed by atoms with E-state index in [0.29, 0.717) is 28.1 Å². The van der Waals surface area contributed by atoms with E-state index in [1.807, 2.05) is 86.6 Å². The van der Waals surface area contributed by atoms with Crippen LogP contribution in [0.3, 0.4) is 0 Å². The molecule has 2 heterocycles. The van der Waals surface area contributed by atoms with Crippen LogP contribution in [-0.4, -0.2) is 10.9 Å². The second-order valence-electron chi connectivity index (χ2n) is 8.06. The van der Waals surface area contributed by atoms with Crippen molar-refractivity contribution in [1.82, 2.24) is 4.98 Å². The number of anilines is 1. The van der Waals surface area contributed by atoms with Crippen LogP contribution in [0, 0.1) is 13.8 Å². The van der Waals surface area contributed by atoms with E-state index in [0.717, 1.165) is 33.4 Å². The van der Waals surface area contributed by atoms with Crippen molar-refractivity contribution in [1.29, 1.82) is 0 Å². The number of fused-ring (bicyclic) bond motifs is 1. The minimum Gasteiger partial charge on any atom is -0.457 e. The highest BCUT2D eigenvalue weighted by Gasteiger charge is 2.10. The van der Waals surface area contributed by atoms with Crippen LogP contribution in [0.5, 0.6) is 0 Å². The number of benzene rings is 3. The summed E-state index contributed by atoms with van der Waals surface area (Å²) < 4.78 is 11.7. The van der Waals surface area contributed by atoms with E-state index >= 15 is 0 Å². The molecule has 0 unspecified atom stereocenters. The first-order chi connectivity index (χ1) is 16.4. The standard InChI is InChI=1S/C28H21ClN2O3/c1-17-6-11-24-26(14-17)34-28(31-24)20-4-3-5-21(15-20)30-27(32)13-10-22-9-12-25(33-22)19-8-7-18(2)23(29)16-19/h3-16H,1-2H3,(H,30,32)/b13-10+. The van der Waals surface area contributed by atoms with Crippen molar-refractivity contribution in [3.8, 4) is 22.8 Å². The van der Waals surface area contributed by atoms with Crippen molar-refractivity contribution in [2.75, 3.05) is 5.32 Å². The molecule has 0 aliphatic carbocycles. The average Bonchev–Trinajstić information content (AvgIpc) is 3.47. The van der Waals surface area contributed by atoms with Gasteiger partial charge in [-0.25, -0.2) is 4.98 Å². The normalized spacial score (nSPS) is 11.4. The number of rotatable bonds is 5. The number of hydrogen-bond donors (Lipinski definition) is 1. The minimum absolute atomic E-state index is 0.276. The summed E-state index contributed by atoms with van der Waals surface area (Å²) >= 11 is 6.21. The lowest BCUT2D eigenvalue weighted by Crippen LogP contribution is -2.07. The van der Waals surface area contributed by atoms with Gasteiger partial charge >= 0.3 is 0 Å². The van der Waals surface area contributed by atoms with Gasteiger partial charge in [-0.15, -0.1) is 0 Å². The summed E-state index contributed by atoms with van der Waals surface area (Å²) in [6.45, 7) is 3.96. The van der Waals surface area contributed by atoms with Crippen LogP contribution in [0.2, 0.25) is 5.02 Å². The number of aryl methyl sites for hydroxylation is 2. The number of nitrogens with zero attached hydrogens (tertiary/aromatic N) is 1. The number of aromatic nitrogens is 1. The number of furan rings is 1. The molecule has 5 rings (SSSR count). The molecule has 0 fully saturated rings. The van der Waals surface area contributed by atoms with Gasteiger partial charge in [0.1, 0.15) is 17.0 Å². The predicted octanol–water partition coefficient (Wildman–Crippen LogP) is 7.68. The van der Waals surface area contributed by atoms with Gasteiger partial charge in [0.15, 0.2) is 5.58 Å². The number of carbonyl (C=O) groups excluding carboxylic acids is 1. The third kappa shape index (κ3) is 4.65. The fourth-order valence-electron chi connectivity index (χ4n) is 3.57. The quantitative estimate of drug-likeness (QED) is 0.268. The van der Waals surface area contributed by atoms with E-state index in [2.05, 4.69) is 10.3 Å². The number of nitrogens with one attached hydrogen (secondary N) is 1. The van der Waals surface area contributed by atoms with Crippen molar-refractivity contribution < 1.29 is 13.6 Å². The van der Waals surface area contributed by atoms with E-state index in [4.69, 9.17) is 20.4 Å². The molecule has 2 aromatic heterocycles. The lowest BCUT2D eigenvalue weighted by atomic mass is 10.1. The van der Waals surface area contributed by atoms with Crippen LogP contribution >= 0.6 is 11.6 Å². The molecule has 0 bridgehead atoms. The van der Waals surface area contributed by atoms with Gasteiger partial charge in [-0.3, -0.25) is 4.79 Å². The fourth-order valence-corrected chi connectivity index (χ4v) is 3.75. The first-order valence-corrected chi connectivity index (χ1v) is 11.2. The molecule has 5 nitrogen and oxygen atoms in total. The Hall–Kier alpha value is -4.09. The Morgan fingerprint density at radius 3 is 2.68 bits per heavy atom. The maximum atomic E-state index is 12.5. The second-order valence-corrected chi connectivity index (χ2v) is 8.47. The van der Waals surface area contributed by atoms with Gasteiger partial charge in [0.05, 0.1) is 0 Å². The van der Waals surface area contributed by atoms with E-state index in [1.165, 1.54) is 6.08 Å². The summed E-state index contributed by atoms with van der Waals surface area (Å²) in [5.74, 6) is 1.48. The van der Waals surface area contributed by atoms with Crippen molar-refractivity contribution in [2.45, 2.75) is 13.8 Å². The number of amides is 1. The maximum Gasteiger partial charge on any atom is 0.248 e. The van der Waals surface area contributed by atoms with Gasteiger partial charge < -0.3 is 14.2 Å². The summed E-state index contributed by atoms with van der Waals surface area (Å²) in [6, 6.07) is 22.7. The molecule has 0 atom stereocenters. The number of hydrogen-bond acceptors (Lipinski definition) is 4. The van der Waals surface area contributed by atoms with Crippen molar-refractivity contribution >= 4 is 40.4 Å². The molecular formula is C28H21ClN2O3. The van der Waals surface area contributed by atoms with E-state index in [-0.39, 0.29) is 5.91 Å². The lowest BCUT2D eigenvalue weighted by molar-refractivity contribution is -0.111. The van der Waals surface area contributed by atoms with Crippen LogP contribution < -0.4 is 5.32 Å². The zero-order valence-electron chi connectivity index (χ0n) is 18.6. The van der Waals surface area contributed by atoms with Gasteiger partial charge in [-0.2, -0.15) is 0 Å². The SMILES string of the molecule is Cc1ccc2nc(-c3cccc(NC(=O)/C=C/c4ccc(-c5ccc(C)c(Cl)c5)o4)c3)oc2c1. The number of oxazole rings is 1. The Kier molecular flexibility index (Phi) is 5.78. The zero-order chi connectivity index (χ0) is 23.7. The Morgan fingerprint density at radius 1 is 0.941 bits per heavy atom. The highest BCUT2D eigenvalue weighted by atomic mass is 35.5. The molecule has 0 aliphatic heterocycles. The van der Waals surface area contributed by atoms with Crippen LogP contribution in [-0.2, 0) is 4.79 Å². The Bertz CT molecular complexity index is 1540. The zero-order valence-corrected chi connectivity index (χ0v) is 19.4. The first kappa shape index (κ1) is 21.7. The molecule has 0 saturated heterocycles. The number of halogens is 1. The molecule has 0 spiro atoms. The predicted molar refractivity (Wildman–Crippen MR) is 136 cm³/mol. The van der Waals surface area contributed by atoms with E-state index in [1.54, 1.807) is 6.08 Å². The second kappa shape index (κ2) is 9.04. The van der Waals surface area contributed by atoms with Gasteiger partial charge in [-0.05, 0) is 79.6 Å². The molecule has 3 aromatic carbocycles. The van der Waals surface area contributed by atoms with Crippen LogP contribution in [0.25, 0.3) is 40.0 Å². The molecular weight excluding hydrogens is 448 g/mol. The van der Waals surface area contributed by atoms with Crippen molar-refractivity contribution in [3.63, 3.8) is 0 Å². The Morgan fingerprint density at radius 2 is 1.82 bits per heavy atom. The van der Waals surface area contributed by atoms with Crippen LogP contribution in [0.4, 0.5) is 5.69 Å². The smallest absolute Gasteiger partial charge is 0.248 e. The Balaban J connectivity index is 1.28. The van der Waals surface area contributed by atoms with Gasteiger partial charge in [0, 0.05) is 27.9 Å². The number of carbonyl (C=O) groups is 1. The molecule has 1 amide bonds. The molecule has 34 heavy (non-hydrogen) atoms. The van der Waals surface area contributed by atoms with E-state index in [9.17, 15) is 4.79 Å². The molecule has 0 radical (unpaired) electrons. The van der Waals surface area contributed by atoms with Crippen molar-refractivity contribution in [3.05, 3.63) is 101 Å².